The Hall–Kier alpha value is -1.69. The van der Waals surface area contributed by atoms with Crippen molar-refractivity contribution in [2.45, 2.75) is 40.2 Å². The average Bonchev–Trinajstić information content (AvgIpc) is 2.99. The maximum atomic E-state index is 12.5. The van der Waals surface area contributed by atoms with E-state index in [0.29, 0.717) is 6.54 Å². The Bertz CT molecular complexity index is 631. The van der Waals surface area contributed by atoms with Crippen molar-refractivity contribution in [3.05, 3.63) is 33.5 Å². The summed E-state index contributed by atoms with van der Waals surface area (Å²) >= 11 is 1.65. The predicted molar refractivity (Wildman–Crippen MR) is 84.6 cm³/mol. The van der Waals surface area contributed by atoms with Gasteiger partial charge in [-0.05, 0) is 33.8 Å². The number of thiazole rings is 1. The fraction of sp³-hybridized carbons (Fsp3) is 0.533. The van der Waals surface area contributed by atoms with E-state index in [-0.39, 0.29) is 11.9 Å². The van der Waals surface area contributed by atoms with Crippen LogP contribution in [0.4, 0.5) is 0 Å². The zero-order chi connectivity index (χ0) is 15.6. The Labute approximate surface area is 129 Å². The minimum absolute atomic E-state index is 0.0865. The van der Waals surface area contributed by atoms with Gasteiger partial charge in [0.05, 0.1) is 16.9 Å². The van der Waals surface area contributed by atoms with E-state index in [2.05, 4.69) is 10.1 Å². The summed E-state index contributed by atoms with van der Waals surface area (Å²) < 4.78 is 1.80. The smallest absolute Gasteiger partial charge is 0.246 e. The number of likely N-dealkylation sites (N-methyl/N-ethyl adjacent to an activating group) is 1. The zero-order valence-corrected chi connectivity index (χ0v) is 14.1. The molecule has 0 saturated carbocycles. The molecule has 2 aromatic heterocycles. The molecule has 0 saturated heterocycles. The van der Waals surface area contributed by atoms with Crippen molar-refractivity contribution in [1.82, 2.24) is 19.7 Å². The molecule has 21 heavy (non-hydrogen) atoms. The number of aromatic nitrogens is 3. The lowest BCUT2D eigenvalue weighted by Gasteiger charge is -2.22. The van der Waals surface area contributed by atoms with E-state index in [0.717, 1.165) is 23.5 Å². The lowest BCUT2D eigenvalue weighted by atomic mass is 10.2. The highest BCUT2D eigenvalue weighted by Crippen LogP contribution is 2.16. The van der Waals surface area contributed by atoms with E-state index >= 15 is 0 Å². The van der Waals surface area contributed by atoms with Crippen molar-refractivity contribution in [1.29, 1.82) is 0 Å². The minimum atomic E-state index is -0.272. The summed E-state index contributed by atoms with van der Waals surface area (Å²) in [6, 6.07) is 1.72. The van der Waals surface area contributed by atoms with Gasteiger partial charge in [-0.1, -0.05) is 0 Å². The molecule has 1 atom stereocenters. The molecule has 0 spiro atoms. The molecule has 0 aliphatic carbocycles. The lowest BCUT2D eigenvalue weighted by Crippen LogP contribution is -2.35. The molecule has 0 fully saturated rings. The van der Waals surface area contributed by atoms with Crippen LogP contribution in [0.2, 0.25) is 0 Å². The van der Waals surface area contributed by atoms with Crippen molar-refractivity contribution in [3.63, 3.8) is 0 Å². The van der Waals surface area contributed by atoms with Gasteiger partial charge < -0.3 is 4.90 Å². The number of carbonyl (C=O) groups is 1. The highest BCUT2D eigenvalue weighted by Gasteiger charge is 2.21. The number of amides is 1. The average molecular weight is 306 g/mol. The van der Waals surface area contributed by atoms with Gasteiger partial charge in [0.15, 0.2) is 0 Å². The van der Waals surface area contributed by atoms with Crippen molar-refractivity contribution in [3.8, 4) is 0 Å². The Kier molecular flexibility index (Phi) is 4.77. The zero-order valence-electron chi connectivity index (χ0n) is 13.3. The summed E-state index contributed by atoms with van der Waals surface area (Å²) in [5.74, 6) is 0.0865. The largest absolute Gasteiger partial charge is 0.344 e. The van der Waals surface area contributed by atoms with Crippen LogP contribution in [0.25, 0.3) is 0 Å². The molecule has 0 radical (unpaired) electrons. The molecule has 0 aliphatic heterocycles. The SMILES string of the molecule is Cc1cc(C)n(C(C)C(=O)N(C)CCc2scnc2C)n1. The molecule has 2 rings (SSSR count). The topological polar surface area (TPSA) is 51.0 Å². The summed E-state index contributed by atoms with van der Waals surface area (Å²) in [7, 11) is 1.85. The molecule has 1 unspecified atom stereocenters. The molecular weight excluding hydrogens is 284 g/mol. The van der Waals surface area contributed by atoms with Crippen molar-refractivity contribution < 1.29 is 4.79 Å². The monoisotopic (exact) mass is 306 g/mol. The molecule has 0 N–H and O–H groups in total. The first kappa shape index (κ1) is 15.7. The minimum Gasteiger partial charge on any atom is -0.344 e. The maximum absolute atomic E-state index is 12.5. The molecular formula is C15H22N4OS. The predicted octanol–water partition coefficient (Wildman–Crippen LogP) is 2.53. The van der Waals surface area contributed by atoms with E-state index in [1.807, 2.05) is 46.3 Å². The standard InChI is InChI=1S/C15H22N4OS/c1-10-8-11(2)19(17-10)13(4)15(20)18(5)7-6-14-12(3)16-9-21-14/h8-9,13H,6-7H2,1-5H3. The molecule has 0 aliphatic rings. The maximum Gasteiger partial charge on any atom is 0.246 e. The van der Waals surface area contributed by atoms with Gasteiger partial charge in [-0.2, -0.15) is 5.10 Å². The highest BCUT2D eigenvalue weighted by molar-refractivity contribution is 7.09. The van der Waals surface area contributed by atoms with Crippen LogP contribution in [0.15, 0.2) is 11.6 Å². The number of carbonyl (C=O) groups excluding carboxylic acids is 1. The van der Waals surface area contributed by atoms with Gasteiger partial charge in [0.25, 0.3) is 0 Å². The second kappa shape index (κ2) is 6.39. The van der Waals surface area contributed by atoms with E-state index in [1.54, 1.807) is 20.9 Å². The van der Waals surface area contributed by atoms with Crippen LogP contribution in [0, 0.1) is 20.8 Å². The van der Waals surface area contributed by atoms with Crippen molar-refractivity contribution in [2.75, 3.05) is 13.6 Å². The first-order valence-corrected chi connectivity index (χ1v) is 7.94. The highest BCUT2D eigenvalue weighted by atomic mass is 32.1. The molecule has 6 heteroatoms. The van der Waals surface area contributed by atoms with Crippen molar-refractivity contribution in [2.24, 2.45) is 0 Å². The second-order valence-corrected chi connectivity index (χ2v) is 6.36. The number of nitrogens with zero attached hydrogens (tertiary/aromatic N) is 4. The Morgan fingerprint density at radius 3 is 2.67 bits per heavy atom. The van der Waals surface area contributed by atoms with Gasteiger partial charge in [0.2, 0.25) is 5.91 Å². The molecule has 0 aromatic carbocycles. The Balaban J connectivity index is 1.99. The van der Waals surface area contributed by atoms with Crippen LogP contribution in [-0.4, -0.2) is 39.2 Å². The third-order valence-corrected chi connectivity index (χ3v) is 4.66. The number of hydrogen-bond donors (Lipinski definition) is 0. The first-order chi connectivity index (χ1) is 9.90. The van der Waals surface area contributed by atoms with E-state index in [9.17, 15) is 4.79 Å². The lowest BCUT2D eigenvalue weighted by molar-refractivity contribution is -0.133. The summed E-state index contributed by atoms with van der Waals surface area (Å²) in [5, 5.41) is 4.40. The van der Waals surface area contributed by atoms with Gasteiger partial charge in [0, 0.05) is 30.6 Å². The molecule has 2 heterocycles. The van der Waals surface area contributed by atoms with E-state index in [1.165, 1.54) is 4.88 Å². The molecule has 2 aromatic rings. The fourth-order valence-electron chi connectivity index (χ4n) is 2.41. The van der Waals surface area contributed by atoms with Crippen LogP contribution in [-0.2, 0) is 11.2 Å². The van der Waals surface area contributed by atoms with Gasteiger partial charge >= 0.3 is 0 Å². The summed E-state index contributed by atoms with van der Waals surface area (Å²) in [6.45, 7) is 8.52. The molecule has 0 bridgehead atoms. The summed E-state index contributed by atoms with van der Waals surface area (Å²) in [4.78, 5) is 19.8. The third kappa shape index (κ3) is 3.50. The van der Waals surface area contributed by atoms with Crippen LogP contribution in [0.3, 0.4) is 0 Å². The van der Waals surface area contributed by atoms with Crippen LogP contribution in [0.5, 0.6) is 0 Å². The summed E-state index contributed by atoms with van der Waals surface area (Å²) in [5.41, 5.74) is 4.87. The fourth-order valence-corrected chi connectivity index (χ4v) is 3.18. The van der Waals surface area contributed by atoms with E-state index in [4.69, 9.17) is 0 Å². The Morgan fingerprint density at radius 2 is 2.14 bits per heavy atom. The summed E-state index contributed by atoms with van der Waals surface area (Å²) in [6.07, 6.45) is 0.850. The first-order valence-electron chi connectivity index (χ1n) is 7.07. The van der Waals surface area contributed by atoms with Gasteiger partial charge in [-0.3, -0.25) is 9.48 Å². The number of aryl methyl sites for hydroxylation is 3. The third-order valence-electron chi connectivity index (χ3n) is 3.66. The van der Waals surface area contributed by atoms with Crippen molar-refractivity contribution >= 4 is 17.2 Å². The van der Waals surface area contributed by atoms with Gasteiger partial charge in [-0.25, -0.2) is 4.98 Å². The quantitative estimate of drug-likeness (QED) is 0.853. The number of rotatable bonds is 5. The molecule has 1 amide bonds. The molecule has 5 nitrogen and oxygen atoms in total. The van der Waals surface area contributed by atoms with Crippen LogP contribution in [0.1, 0.15) is 34.9 Å². The molecule has 114 valence electrons. The number of hydrogen-bond acceptors (Lipinski definition) is 4. The van der Waals surface area contributed by atoms with Crippen LogP contribution >= 0.6 is 11.3 Å². The van der Waals surface area contributed by atoms with Crippen LogP contribution < -0.4 is 0 Å². The normalized spacial score (nSPS) is 12.4. The Morgan fingerprint density at radius 1 is 1.43 bits per heavy atom. The van der Waals surface area contributed by atoms with Gasteiger partial charge in [-0.15, -0.1) is 11.3 Å². The second-order valence-electron chi connectivity index (χ2n) is 5.42. The van der Waals surface area contributed by atoms with E-state index < -0.39 is 0 Å². The van der Waals surface area contributed by atoms with Gasteiger partial charge in [0.1, 0.15) is 6.04 Å².